The lowest BCUT2D eigenvalue weighted by atomic mass is 10.1. The van der Waals surface area contributed by atoms with Crippen LogP contribution in [0.25, 0.3) is 11.3 Å². The predicted octanol–water partition coefficient (Wildman–Crippen LogP) is 2.39. The summed E-state index contributed by atoms with van der Waals surface area (Å²) in [5, 5.41) is 8.13. The van der Waals surface area contributed by atoms with Gasteiger partial charge in [-0.3, -0.25) is 0 Å². The van der Waals surface area contributed by atoms with Crippen molar-refractivity contribution in [2.24, 2.45) is 0 Å². The molecule has 16 heavy (non-hydrogen) atoms. The summed E-state index contributed by atoms with van der Waals surface area (Å²) in [6.07, 6.45) is 0. The average molecular weight is 236 g/mol. The molecule has 2 aromatic rings. The molecule has 0 spiro atoms. The molecule has 2 rings (SSSR count). The number of aromatic nitrogens is 2. The Morgan fingerprint density at radius 1 is 1.25 bits per heavy atom. The van der Waals surface area contributed by atoms with Crippen LogP contribution in [0.4, 0.5) is 5.82 Å². The summed E-state index contributed by atoms with van der Waals surface area (Å²) in [5.74, 6) is 0.943. The van der Waals surface area contributed by atoms with E-state index in [0.29, 0.717) is 10.7 Å². The number of nitrogens with two attached hydrogens (primary N) is 1. The average Bonchev–Trinajstić information content (AvgIpc) is 2.32. The van der Waals surface area contributed by atoms with E-state index in [1.807, 2.05) is 24.3 Å². The molecule has 82 valence electrons. The van der Waals surface area contributed by atoms with Gasteiger partial charge >= 0.3 is 0 Å². The number of para-hydroxylation sites is 1. The first kappa shape index (κ1) is 10.7. The zero-order valence-corrected chi connectivity index (χ0v) is 9.40. The third-order valence-electron chi connectivity index (χ3n) is 2.16. The Morgan fingerprint density at radius 3 is 2.69 bits per heavy atom. The number of anilines is 1. The Labute approximate surface area is 98.0 Å². The number of halogens is 1. The highest BCUT2D eigenvalue weighted by Gasteiger charge is 2.08. The van der Waals surface area contributed by atoms with Gasteiger partial charge in [-0.05, 0) is 18.2 Å². The molecule has 0 atom stereocenters. The van der Waals surface area contributed by atoms with Gasteiger partial charge in [0.1, 0.15) is 5.75 Å². The van der Waals surface area contributed by atoms with Gasteiger partial charge in [0, 0.05) is 5.56 Å². The Bertz CT molecular complexity index is 516. The van der Waals surface area contributed by atoms with Crippen LogP contribution in [0.1, 0.15) is 0 Å². The van der Waals surface area contributed by atoms with E-state index in [0.717, 1.165) is 11.3 Å². The Balaban J connectivity index is 2.54. The van der Waals surface area contributed by atoms with Crippen molar-refractivity contribution in [1.82, 2.24) is 10.2 Å². The van der Waals surface area contributed by atoms with Crippen LogP contribution in [-0.2, 0) is 0 Å². The van der Waals surface area contributed by atoms with Gasteiger partial charge < -0.3 is 10.5 Å². The summed E-state index contributed by atoms with van der Waals surface area (Å²) in [6.45, 7) is 0. The number of nitrogens with zero attached hydrogens (tertiary/aromatic N) is 2. The molecule has 4 nitrogen and oxygen atoms in total. The Morgan fingerprint density at radius 2 is 2.00 bits per heavy atom. The molecule has 1 aromatic heterocycles. The van der Waals surface area contributed by atoms with Gasteiger partial charge in [-0.15, -0.1) is 10.2 Å². The number of ether oxygens (including phenoxy) is 1. The third kappa shape index (κ3) is 1.92. The lowest BCUT2D eigenvalue weighted by molar-refractivity contribution is 0.416. The standard InChI is InChI=1S/C11H10ClN3O/c1-16-10-5-3-2-4-7(10)9-6-8(12)11(13)15-14-9/h2-6H,1H3,(H2,13,15). The molecule has 1 heterocycles. The zero-order chi connectivity index (χ0) is 11.5. The fraction of sp³-hybridized carbons (Fsp3) is 0.0909. The highest BCUT2D eigenvalue weighted by molar-refractivity contribution is 6.32. The van der Waals surface area contributed by atoms with Crippen LogP contribution in [0.15, 0.2) is 30.3 Å². The number of benzene rings is 1. The number of rotatable bonds is 2. The van der Waals surface area contributed by atoms with E-state index in [9.17, 15) is 0 Å². The molecule has 0 aliphatic carbocycles. The van der Waals surface area contributed by atoms with E-state index >= 15 is 0 Å². The molecule has 5 heteroatoms. The topological polar surface area (TPSA) is 61.0 Å². The molecule has 0 radical (unpaired) electrons. The van der Waals surface area contributed by atoms with E-state index in [2.05, 4.69) is 10.2 Å². The van der Waals surface area contributed by atoms with Crippen LogP contribution in [0.5, 0.6) is 5.75 Å². The lowest BCUT2D eigenvalue weighted by Gasteiger charge is -2.07. The van der Waals surface area contributed by atoms with Crippen LogP contribution in [0, 0.1) is 0 Å². The van der Waals surface area contributed by atoms with Crippen LogP contribution >= 0.6 is 11.6 Å². The largest absolute Gasteiger partial charge is 0.496 e. The highest BCUT2D eigenvalue weighted by atomic mass is 35.5. The fourth-order valence-electron chi connectivity index (χ4n) is 1.37. The number of methoxy groups -OCH3 is 1. The maximum absolute atomic E-state index is 5.89. The summed E-state index contributed by atoms with van der Waals surface area (Å²) in [7, 11) is 1.60. The number of nitrogen functional groups attached to an aromatic ring is 1. The van der Waals surface area contributed by atoms with Crippen molar-refractivity contribution in [1.29, 1.82) is 0 Å². The summed E-state index contributed by atoms with van der Waals surface area (Å²) in [4.78, 5) is 0. The minimum Gasteiger partial charge on any atom is -0.496 e. The van der Waals surface area contributed by atoms with Crippen molar-refractivity contribution >= 4 is 17.4 Å². The lowest BCUT2D eigenvalue weighted by Crippen LogP contribution is -1.97. The van der Waals surface area contributed by atoms with E-state index in [1.54, 1.807) is 13.2 Å². The molecule has 0 bridgehead atoms. The highest BCUT2D eigenvalue weighted by Crippen LogP contribution is 2.29. The predicted molar refractivity (Wildman–Crippen MR) is 63.4 cm³/mol. The molecule has 0 unspecified atom stereocenters. The normalized spacial score (nSPS) is 10.1. The number of hydrogen-bond acceptors (Lipinski definition) is 4. The van der Waals surface area contributed by atoms with Crippen molar-refractivity contribution < 1.29 is 4.74 Å². The molecule has 0 aliphatic rings. The first-order valence-electron chi connectivity index (χ1n) is 4.64. The third-order valence-corrected chi connectivity index (χ3v) is 2.46. The van der Waals surface area contributed by atoms with Gasteiger partial charge in [0.05, 0.1) is 17.8 Å². The van der Waals surface area contributed by atoms with Crippen LogP contribution in [-0.4, -0.2) is 17.3 Å². The monoisotopic (exact) mass is 235 g/mol. The van der Waals surface area contributed by atoms with Gasteiger partial charge in [0.2, 0.25) is 0 Å². The van der Waals surface area contributed by atoms with Gasteiger partial charge in [0.25, 0.3) is 0 Å². The molecule has 0 fully saturated rings. The molecule has 0 saturated carbocycles. The number of hydrogen-bond donors (Lipinski definition) is 1. The summed E-state index contributed by atoms with van der Waals surface area (Å²) in [6, 6.07) is 9.18. The SMILES string of the molecule is COc1ccccc1-c1cc(Cl)c(N)nn1. The maximum atomic E-state index is 5.89. The van der Waals surface area contributed by atoms with Crippen molar-refractivity contribution in [3.63, 3.8) is 0 Å². The second kappa shape index (κ2) is 4.37. The summed E-state index contributed by atoms with van der Waals surface area (Å²) < 4.78 is 5.23. The smallest absolute Gasteiger partial charge is 0.164 e. The molecule has 0 aliphatic heterocycles. The molecule has 0 amide bonds. The van der Waals surface area contributed by atoms with Crippen molar-refractivity contribution in [3.8, 4) is 17.0 Å². The van der Waals surface area contributed by atoms with Crippen LogP contribution in [0.3, 0.4) is 0 Å². The Hall–Kier alpha value is -1.81. The van der Waals surface area contributed by atoms with E-state index in [-0.39, 0.29) is 5.82 Å². The van der Waals surface area contributed by atoms with Crippen molar-refractivity contribution in [3.05, 3.63) is 35.4 Å². The minimum atomic E-state index is 0.223. The van der Waals surface area contributed by atoms with Crippen LogP contribution in [0.2, 0.25) is 5.02 Å². The summed E-state index contributed by atoms with van der Waals surface area (Å²) >= 11 is 5.89. The van der Waals surface area contributed by atoms with Gasteiger partial charge in [-0.25, -0.2) is 0 Å². The quantitative estimate of drug-likeness (QED) is 0.868. The first-order chi connectivity index (χ1) is 7.72. The van der Waals surface area contributed by atoms with Crippen molar-refractivity contribution in [2.75, 3.05) is 12.8 Å². The molecule has 0 saturated heterocycles. The van der Waals surface area contributed by atoms with Crippen molar-refractivity contribution in [2.45, 2.75) is 0 Å². The van der Waals surface area contributed by atoms with Gasteiger partial charge in [-0.1, -0.05) is 23.7 Å². The maximum Gasteiger partial charge on any atom is 0.164 e. The molecule has 2 N–H and O–H groups in total. The summed E-state index contributed by atoms with van der Waals surface area (Å²) in [5.41, 5.74) is 6.97. The van der Waals surface area contributed by atoms with Crippen LogP contribution < -0.4 is 10.5 Å². The fourth-order valence-corrected chi connectivity index (χ4v) is 1.51. The van der Waals surface area contributed by atoms with E-state index in [1.165, 1.54) is 0 Å². The first-order valence-corrected chi connectivity index (χ1v) is 5.02. The molecular formula is C11H10ClN3O. The minimum absolute atomic E-state index is 0.223. The van der Waals surface area contributed by atoms with Gasteiger partial charge in [0.15, 0.2) is 5.82 Å². The molecular weight excluding hydrogens is 226 g/mol. The second-order valence-corrected chi connectivity index (χ2v) is 3.57. The Kier molecular flexibility index (Phi) is 2.92. The van der Waals surface area contributed by atoms with Gasteiger partial charge in [-0.2, -0.15) is 0 Å². The van der Waals surface area contributed by atoms with E-state index < -0.39 is 0 Å². The second-order valence-electron chi connectivity index (χ2n) is 3.16. The van der Waals surface area contributed by atoms with E-state index in [4.69, 9.17) is 22.1 Å². The zero-order valence-electron chi connectivity index (χ0n) is 8.64. The molecule has 1 aromatic carbocycles.